The van der Waals surface area contributed by atoms with Crippen LogP contribution in [0.1, 0.15) is 12.5 Å². The van der Waals surface area contributed by atoms with Crippen LogP contribution in [-0.4, -0.2) is 26.4 Å². The second-order valence-corrected chi connectivity index (χ2v) is 5.60. The third-order valence-electron chi connectivity index (χ3n) is 3.81. The Kier molecular flexibility index (Phi) is 5.02. The third kappa shape index (κ3) is 3.59. The fourth-order valence-electron chi connectivity index (χ4n) is 2.65. The lowest BCUT2D eigenvalue weighted by Gasteiger charge is -2.22. The summed E-state index contributed by atoms with van der Waals surface area (Å²) in [6.07, 6.45) is 4.52. The largest absolute Gasteiger partial charge is 0.354 e. The fourth-order valence-corrected chi connectivity index (χ4v) is 2.65. The molecule has 0 saturated carbocycles. The van der Waals surface area contributed by atoms with E-state index in [9.17, 15) is 10.1 Å². The van der Waals surface area contributed by atoms with Crippen LogP contribution in [0.15, 0.2) is 55.1 Å². The number of benzene rings is 1. The number of rotatable bonds is 6. The molecule has 0 bridgehead atoms. The van der Waals surface area contributed by atoms with Crippen molar-refractivity contribution < 1.29 is 4.92 Å². The van der Waals surface area contributed by atoms with Crippen LogP contribution in [-0.2, 0) is 0 Å². The van der Waals surface area contributed by atoms with Crippen molar-refractivity contribution in [1.82, 2.24) is 15.0 Å². The first-order valence-electron chi connectivity index (χ1n) is 8.10. The van der Waals surface area contributed by atoms with Crippen molar-refractivity contribution in [2.75, 3.05) is 16.8 Å². The Morgan fingerprint density at radius 2 is 1.96 bits per heavy atom. The van der Waals surface area contributed by atoms with Crippen molar-refractivity contribution in [2.45, 2.75) is 13.8 Å². The van der Waals surface area contributed by atoms with E-state index in [-0.39, 0.29) is 17.3 Å². The van der Waals surface area contributed by atoms with Crippen LogP contribution in [0, 0.1) is 17.0 Å². The van der Waals surface area contributed by atoms with Crippen LogP contribution >= 0.6 is 0 Å². The van der Waals surface area contributed by atoms with Gasteiger partial charge in [0.15, 0.2) is 0 Å². The number of aromatic nitrogens is 3. The molecular weight excluding hydrogens is 332 g/mol. The van der Waals surface area contributed by atoms with Crippen molar-refractivity contribution in [3.63, 3.8) is 0 Å². The molecule has 0 aliphatic carbocycles. The maximum atomic E-state index is 11.8. The van der Waals surface area contributed by atoms with E-state index in [2.05, 4.69) is 20.3 Å². The summed E-state index contributed by atoms with van der Waals surface area (Å²) < 4.78 is 0. The highest BCUT2D eigenvalue weighted by Gasteiger charge is 2.27. The zero-order valence-corrected chi connectivity index (χ0v) is 14.5. The summed E-state index contributed by atoms with van der Waals surface area (Å²) in [5, 5.41) is 14.8. The molecule has 1 N–H and O–H groups in total. The average Bonchev–Trinajstić information content (AvgIpc) is 2.63. The van der Waals surface area contributed by atoms with Gasteiger partial charge in [0, 0.05) is 30.3 Å². The number of pyridine rings is 1. The average molecular weight is 350 g/mol. The normalized spacial score (nSPS) is 10.4. The van der Waals surface area contributed by atoms with Crippen LogP contribution in [0.5, 0.6) is 0 Å². The molecule has 3 rings (SSSR count). The molecule has 0 aliphatic heterocycles. The molecular formula is C18H18N6O2. The molecule has 8 nitrogen and oxygen atoms in total. The quantitative estimate of drug-likeness (QED) is 0.530. The van der Waals surface area contributed by atoms with E-state index in [4.69, 9.17) is 0 Å². The highest BCUT2D eigenvalue weighted by molar-refractivity contribution is 5.78. The summed E-state index contributed by atoms with van der Waals surface area (Å²) in [6, 6.07) is 11.2. The first-order valence-corrected chi connectivity index (χ1v) is 8.10. The maximum absolute atomic E-state index is 11.8. The SMILES string of the molecule is CCN(c1cccc(C)c1)c1ncnc(Nc2ccncc2)c1[N+](=O)[O-]. The molecule has 0 aliphatic rings. The van der Waals surface area contributed by atoms with Gasteiger partial charge in [0.05, 0.1) is 4.92 Å². The Balaban J connectivity index is 2.09. The molecule has 3 aromatic rings. The van der Waals surface area contributed by atoms with E-state index < -0.39 is 4.92 Å². The number of nitrogens with one attached hydrogen (secondary N) is 1. The summed E-state index contributed by atoms with van der Waals surface area (Å²) in [5.74, 6) is 0.381. The standard InChI is InChI=1S/C18H18N6O2/c1-3-23(15-6-4-5-13(2)11-15)18-16(24(25)26)17(20-12-21-18)22-14-7-9-19-10-8-14/h4-12H,3H2,1-2H3,(H,19,20,21,22). The van der Waals surface area contributed by atoms with Crippen molar-refractivity contribution in [2.24, 2.45) is 0 Å². The predicted octanol–water partition coefficient (Wildman–Crippen LogP) is 3.99. The summed E-state index contributed by atoms with van der Waals surface area (Å²) in [6.45, 7) is 4.42. The van der Waals surface area contributed by atoms with Gasteiger partial charge in [0.25, 0.3) is 0 Å². The van der Waals surface area contributed by atoms with Gasteiger partial charge in [-0.2, -0.15) is 0 Å². The molecule has 0 atom stereocenters. The summed E-state index contributed by atoms with van der Waals surface area (Å²) >= 11 is 0. The molecule has 0 unspecified atom stereocenters. The third-order valence-corrected chi connectivity index (χ3v) is 3.81. The van der Waals surface area contributed by atoms with Crippen LogP contribution in [0.2, 0.25) is 0 Å². The monoisotopic (exact) mass is 350 g/mol. The van der Waals surface area contributed by atoms with E-state index in [1.54, 1.807) is 29.4 Å². The Labute approximate surface area is 150 Å². The van der Waals surface area contributed by atoms with E-state index in [1.807, 2.05) is 38.1 Å². The first kappa shape index (κ1) is 17.3. The molecule has 2 aromatic heterocycles. The van der Waals surface area contributed by atoms with Gasteiger partial charge in [0.1, 0.15) is 6.33 Å². The van der Waals surface area contributed by atoms with E-state index in [1.165, 1.54) is 6.33 Å². The summed E-state index contributed by atoms with van der Waals surface area (Å²) in [4.78, 5) is 25.3. The van der Waals surface area contributed by atoms with Gasteiger partial charge >= 0.3 is 5.69 Å². The van der Waals surface area contributed by atoms with Gasteiger partial charge in [-0.3, -0.25) is 15.1 Å². The topological polar surface area (TPSA) is 97.1 Å². The zero-order chi connectivity index (χ0) is 18.5. The van der Waals surface area contributed by atoms with Crippen LogP contribution in [0.3, 0.4) is 0 Å². The van der Waals surface area contributed by atoms with E-state index in [0.29, 0.717) is 12.2 Å². The Hall–Kier alpha value is -3.55. The molecule has 2 heterocycles. The second kappa shape index (κ2) is 7.56. The first-order chi connectivity index (χ1) is 12.6. The van der Waals surface area contributed by atoms with Crippen molar-refractivity contribution in [1.29, 1.82) is 0 Å². The van der Waals surface area contributed by atoms with Crippen LogP contribution < -0.4 is 10.2 Å². The van der Waals surface area contributed by atoms with Crippen LogP contribution in [0.25, 0.3) is 0 Å². The molecule has 0 amide bonds. The molecule has 0 saturated heterocycles. The molecule has 26 heavy (non-hydrogen) atoms. The second-order valence-electron chi connectivity index (χ2n) is 5.60. The molecule has 132 valence electrons. The number of nitro groups is 1. The molecule has 0 spiro atoms. The zero-order valence-electron chi connectivity index (χ0n) is 14.5. The fraction of sp³-hybridized carbons (Fsp3) is 0.167. The Morgan fingerprint density at radius 1 is 1.19 bits per heavy atom. The van der Waals surface area contributed by atoms with Gasteiger partial charge in [-0.15, -0.1) is 0 Å². The van der Waals surface area contributed by atoms with Gasteiger partial charge in [-0.05, 0) is 43.7 Å². The lowest BCUT2D eigenvalue weighted by molar-refractivity contribution is -0.383. The highest BCUT2D eigenvalue weighted by atomic mass is 16.6. The Bertz CT molecular complexity index is 917. The molecule has 0 radical (unpaired) electrons. The van der Waals surface area contributed by atoms with Crippen molar-refractivity contribution in [3.8, 4) is 0 Å². The summed E-state index contributed by atoms with van der Waals surface area (Å²) in [5.41, 5.74) is 2.39. The van der Waals surface area contributed by atoms with Gasteiger partial charge in [-0.25, -0.2) is 9.97 Å². The smallest absolute Gasteiger partial charge is 0.334 e. The minimum atomic E-state index is -0.461. The highest BCUT2D eigenvalue weighted by Crippen LogP contribution is 2.36. The molecule has 1 aromatic carbocycles. The molecule has 8 heteroatoms. The van der Waals surface area contributed by atoms with Crippen molar-refractivity contribution >= 4 is 28.7 Å². The van der Waals surface area contributed by atoms with Crippen molar-refractivity contribution in [3.05, 3.63) is 70.8 Å². The number of hydrogen-bond acceptors (Lipinski definition) is 7. The minimum absolute atomic E-state index is 0.136. The van der Waals surface area contributed by atoms with Crippen LogP contribution in [0.4, 0.5) is 28.7 Å². The van der Waals surface area contributed by atoms with E-state index >= 15 is 0 Å². The Morgan fingerprint density at radius 3 is 2.62 bits per heavy atom. The number of hydrogen-bond donors (Lipinski definition) is 1. The number of aryl methyl sites for hydroxylation is 1. The molecule has 0 fully saturated rings. The maximum Gasteiger partial charge on any atom is 0.354 e. The van der Waals surface area contributed by atoms with Gasteiger partial charge < -0.3 is 10.2 Å². The number of anilines is 4. The number of nitrogens with zero attached hydrogens (tertiary/aromatic N) is 5. The minimum Gasteiger partial charge on any atom is -0.334 e. The van der Waals surface area contributed by atoms with Gasteiger partial charge in [-0.1, -0.05) is 12.1 Å². The lowest BCUT2D eigenvalue weighted by Crippen LogP contribution is -2.19. The van der Waals surface area contributed by atoms with E-state index in [0.717, 1.165) is 11.3 Å². The predicted molar refractivity (Wildman–Crippen MR) is 100 cm³/mol. The van der Waals surface area contributed by atoms with Gasteiger partial charge in [0.2, 0.25) is 11.6 Å². The lowest BCUT2D eigenvalue weighted by atomic mass is 10.2. The summed E-state index contributed by atoms with van der Waals surface area (Å²) in [7, 11) is 0.